The van der Waals surface area contributed by atoms with E-state index in [9.17, 15) is 4.79 Å². The van der Waals surface area contributed by atoms with E-state index < -0.39 is 11.3 Å². The second kappa shape index (κ2) is 5.01. The highest BCUT2D eigenvalue weighted by atomic mass is 35.5. The van der Waals surface area contributed by atoms with Crippen molar-refractivity contribution in [3.63, 3.8) is 0 Å². The van der Waals surface area contributed by atoms with Crippen LogP contribution in [-0.4, -0.2) is 13.1 Å². The Hall–Kier alpha value is -1.24. The summed E-state index contributed by atoms with van der Waals surface area (Å²) in [7, 11) is 1.24. The lowest BCUT2D eigenvalue weighted by molar-refractivity contribution is -0.140. The topological polar surface area (TPSA) is 50.1 Å². The maximum absolute atomic E-state index is 11.2. The second-order valence-corrected chi connectivity index (χ2v) is 3.60. The SMILES string of the molecule is COC(=O)C(Cl)c1ccc(Cl)cc1C#N. The van der Waals surface area contributed by atoms with Crippen LogP contribution in [0.3, 0.4) is 0 Å². The average Bonchev–Trinajstić information content (AvgIpc) is 2.26. The number of benzene rings is 1. The Morgan fingerprint density at radius 3 is 2.80 bits per heavy atom. The molecule has 0 saturated carbocycles. The van der Waals surface area contributed by atoms with Gasteiger partial charge in [0, 0.05) is 5.02 Å². The van der Waals surface area contributed by atoms with E-state index in [1.165, 1.54) is 19.2 Å². The van der Waals surface area contributed by atoms with Crippen molar-refractivity contribution in [1.82, 2.24) is 0 Å². The Morgan fingerprint density at radius 1 is 1.60 bits per heavy atom. The predicted molar refractivity (Wildman–Crippen MR) is 56.8 cm³/mol. The van der Waals surface area contributed by atoms with Crippen molar-refractivity contribution in [2.24, 2.45) is 0 Å². The lowest BCUT2D eigenvalue weighted by Crippen LogP contribution is -2.09. The summed E-state index contributed by atoms with van der Waals surface area (Å²) >= 11 is 11.5. The normalized spacial score (nSPS) is 11.6. The Kier molecular flexibility index (Phi) is 3.96. The summed E-state index contributed by atoms with van der Waals surface area (Å²) in [6.07, 6.45) is 0. The highest BCUT2D eigenvalue weighted by molar-refractivity contribution is 6.31. The molecule has 0 amide bonds. The van der Waals surface area contributed by atoms with E-state index in [1.54, 1.807) is 6.07 Å². The first-order valence-electron chi connectivity index (χ1n) is 4.01. The van der Waals surface area contributed by atoms with Crippen LogP contribution in [0, 0.1) is 11.3 Å². The fraction of sp³-hybridized carbons (Fsp3) is 0.200. The highest BCUT2D eigenvalue weighted by Crippen LogP contribution is 2.27. The van der Waals surface area contributed by atoms with Crippen LogP contribution < -0.4 is 0 Å². The van der Waals surface area contributed by atoms with E-state index in [-0.39, 0.29) is 5.56 Å². The predicted octanol–water partition coefficient (Wildman–Crippen LogP) is 2.66. The largest absolute Gasteiger partial charge is 0.468 e. The Bertz CT molecular complexity index is 426. The summed E-state index contributed by atoms with van der Waals surface area (Å²) < 4.78 is 4.48. The number of esters is 1. The highest BCUT2D eigenvalue weighted by Gasteiger charge is 2.21. The maximum atomic E-state index is 11.2. The number of ether oxygens (including phenoxy) is 1. The van der Waals surface area contributed by atoms with Gasteiger partial charge in [-0.15, -0.1) is 11.6 Å². The summed E-state index contributed by atoms with van der Waals surface area (Å²) in [6, 6.07) is 6.48. The number of hydrogen-bond acceptors (Lipinski definition) is 3. The summed E-state index contributed by atoms with van der Waals surface area (Å²) in [5, 5.41) is 8.26. The summed E-state index contributed by atoms with van der Waals surface area (Å²) in [4.78, 5) is 11.2. The van der Waals surface area contributed by atoms with Crippen LogP contribution in [-0.2, 0) is 9.53 Å². The van der Waals surface area contributed by atoms with Gasteiger partial charge in [0.15, 0.2) is 5.38 Å². The Balaban J connectivity index is 3.15. The molecule has 1 rings (SSSR count). The molecule has 0 N–H and O–H groups in total. The molecule has 1 atom stereocenters. The lowest BCUT2D eigenvalue weighted by Gasteiger charge is -2.09. The summed E-state index contributed by atoms with van der Waals surface area (Å²) in [5.74, 6) is -0.601. The standard InChI is InChI=1S/C10H7Cl2NO2/c1-15-10(14)9(12)8-3-2-7(11)4-6(8)5-13/h2-4,9H,1H3. The molecule has 0 aromatic heterocycles. The van der Waals surface area contributed by atoms with Gasteiger partial charge in [-0.2, -0.15) is 5.26 Å². The molecule has 1 unspecified atom stereocenters. The van der Waals surface area contributed by atoms with Gasteiger partial charge in [-0.25, -0.2) is 0 Å². The first-order valence-corrected chi connectivity index (χ1v) is 4.83. The zero-order valence-electron chi connectivity index (χ0n) is 7.83. The van der Waals surface area contributed by atoms with Crippen molar-refractivity contribution < 1.29 is 9.53 Å². The smallest absolute Gasteiger partial charge is 0.328 e. The molecule has 3 nitrogen and oxygen atoms in total. The molecule has 15 heavy (non-hydrogen) atoms. The molecular weight excluding hydrogens is 237 g/mol. The van der Waals surface area contributed by atoms with Crippen LogP contribution in [0.4, 0.5) is 0 Å². The number of halogens is 2. The second-order valence-electron chi connectivity index (χ2n) is 2.73. The number of nitriles is 1. The van der Waals surface area contributed by atoms with Crippen LogP contribution in [0.25, 0.3) is 0 Å². The fourth-order valence-corrected chi connectivity index (χ4v) is 1.53. The molecule has 78 valence electrons. The first kappa shape index (κ1) is 11.8. The molecule has 0 bridgehead atoms. The molecule has 1 aromatic rings. The van der Waals surface area contributed by atoms with Gasteiger partial charge in [0.1, 0.15) is 0 Å². The van der Waals surface area contributed by atoms with Crippen LogP contribution in [0.1, 0.15) is 16.5 Å². The molecule has 0 fully saturated rings. The van der Waals surface area contributed by atoms with Crippen LogP contribution in [0.5, 0.6) is 0 Å². The number of hydrogen-bond donors (Lipinski definition) is 0. The maximum Gasteiger partial charge on any atom is 0.328 e. The minimum Gasteiger partial charge on any atom is -0.468 e. The number of carbonyl (C=O) groups excluding carboxylic acids is 1. The molecule has 0 aliphatic carbocycles. The van der Waals surface area contributed by atoms with E-state index in [0.29, 0.717) is 10.6 Å². The third kappa shape index (κ3) is 2.62. The van der Waals surface area contributed by atoms with E-state index >= 15 is 0 Å². The van der Waals surface area contributed by atoms with Crippen molar-refractivity contribution in [2.45, 2.75) is 5.38 Å². The number of carbonyl (C=O) groups is 1. The molecule has 0 aliphatic heterocycles. The Labute approximate surface area is 97.2 Å². The van der Waals surface area contributed by atoms with Crippen molar-refractivity contribution in [3.05, 3.63) is 34.3 Å². The van der Waals surface area contributed by atoms with Gasteiger partial charge in [-0.05, 0) is 17.7 Å². The summed E-state index contributed by atoms with van der Waals surface area (Å²) in [5.41, 5.74) is 0.670. The minimum absolute atomic E-state index is 0.271. The van der Waals surface area contributed by atoms with Crippen LogP contribution >= 0.6 is 23.2 Å². The van der Waals surface area contributed by atoms with Gasteiger partial charge < -0.3 is 4.74 Å². The van der Waals surface area contributed by atoms with Crippen LogP contribution in [0.2, 0.25) is 5.02 Å². The molecule has 0 heterocycles. The molecule has 1 aromatic carbocycles. The number of alkyl halides is 1. The van der Waals surface area contributed by atoms with Gasteiger partial charge >= 0.3 is 5.97 Å². The van der Waals surface area contributed by atoms with Crippen molar-refractivity contribution in [1.29, 1.82) is 5.26 Å². The van der Waals surface area contributed by atoms with Crippen molar-refractivity contribution >= 4 is 29.2 Å². The molecule has 0 spiro atoms. The quantitative estimate of drug-likeness (QED) is 0.593. The van der Waals surface area contributed by atoms with E-state index in [2.05, 4.69) is 4.74 Å². The lowest BCUT2D eigenvalue weighted by atomic mass is 10.1. The zero-order valence-corrected chi connectivity index (χ0v) is 9.34. The van der Waals surface area contributed by atoms with Crippen LogP contribution in [0.15, 0.2) is 18.2 Å². The summed E-state index contributed by atoms with van der Waals surface area (Å²) in [6.45, 7) is 0. The number of methoxy groups -OCH3 is 1. The van der Waals surface area contributed by atoms with Gasteiger partial charge in [0.2, 0.25) is 0 Å². The molecule has 0 aliphatic rings. The van der Waals surface area contributed by atoms with Gasteiger partial charge in [-0.1, -0.05) is 17.7 Å². The number of rotatable bonds is 2. The minimum atomic E-state index is -0.984. The fourth-order valence-electron chi connectivity index (χ4n) is 1.08. The average molecular weight is 244 g/mol. The van der Waals surface area contributed by atoms with E-state index in [0.717, 1.165) is 0 Å². The number of nitrogens with zero attached hydrogens (tertiary/aromatic N) is 1. The van der Waals surface area contributed by atoms with Gasteiger partial charge in [0.05, 0.1) is 18.7 Å². The molecular formula is C10H7Cl2NO2. The third-order valence-corrected chi connectivity index (χ3v) is 2.47. The van der Waals surface area contributed by atoms with E-state index in [4.69, 9.17) is 28.5 Å². The molecule has 0 radical (unpaired) electrons. The van der Waals surface area contributed by atoms with Gasteiger partial charge in [0.25, 0.3) is 0 Å². The molecule has 0 saturated heterocycles. The van der Waals surface area contributed by atoms with Gasteiger partial charge in [-0.3, -0.25) is 4.79 Å². The third-order valence-electron chi connectivity index (χ3n) is 1.82. The van der Waals surface area contributed by atoms with Crippen molar-refractivity contribution in [2.75, 3.05) is 7.11 Å². The zero-order chi connectivity index (χ0) is 11.4. The Morgan fingerprint density at radius 2 is 2.27 bits per heavy atom. The first-order chi connectivity index (χ1) is 7.10. The monoisotopic (exact) mass is 243 g/mol. The van der Waals surface area contributed by atoms with Crippen molar-refractivity contribution in [3.8, 4) is 6.07 Å². The molecule has 5 heteroatoms. The van der Waals surface area contributed by atoms with E-state index in [1.807, 2.05) is 6.07 Å².